The molecule has 0 aliphatic rings. The van der Waals surface area contributed by atoms with Gasteiger partial charge in [0.2, 0.25) is 0 Å². The molecular weight excluding hydrogens is 204 g/mol. The van der Waals surface area contributed by atoms with E-state index in [1.807, 2.05) is 6.92 Å². The summed E-state index contributed by atoms with van der Waals surface area (Å²) in [5.74, 6) is -0.232. The van der Waals surface area contributed by atoms with Crippen molar-refractivity contribution < 1.29 is 4.79 Å². The van der Waals surface area contributed by atoms with Gasteiger partial charge >= 0.3 is 0 Å². The van der Waals surface area contributed by atoms with Crippen molar-refractivity contribution in [2.24, 2.45) is 5.41 Å². The van der Waals surface area contributed by atoms with Gasteiger partial charge in [-0.15, -0.1) is 0 Å². The van der Waals surface area contributed by atoms with E-state index in [2.05, 4.69) is 36.3 Å². The highest BCUT2D eigenvalue weighted by Crippen LogP contribution is 2.19. The lowest BCUT2D eigenvalue weighted by atomic mass is 9.88. The van der Waals surface area contributed by atoms with E-state index < -0.39 is 0 Å². The summed E-state index contributed by atoms with van der Waals surface area (Å²) in [5, 5.41) is 9.47. The molecule has 90 valence electrons. The minimum Gasteiger partial charge on any atom is -0.395 e. The van der Waals surface area contributed by atoms with Gasteiger partial charge in [-0.3, -0.25) is 9.89 Å². The molecule has 0 aliphatic carbocycles. The maximum absolute atomic E-state index is 11.9. The van der Waals surface area contributed by atoms with Crippen LogP contribution in [0.4, 0.5) is 5.69 Å². The Bertz CT molecular complexity index is 389. The maximum Gasteiger partial charge on any atom is 0.274 e. The SMILES string of the molecule is Cc1[nH]nc(C(=O)NC(C)C(C)(C)C)c1N. The molecule has 1 heterocycles. The first-order valence-corrected chi connectivity index (χ1v) is 5.34. The molecule has 0 bridgehead atoms. The van der Waals surface area contributed by atoms with Crippen LogP contribution < -0.4 is 11.1 Å². The summed E-state index contributed by atoms with van der Waals surface area (Å²) >= 11 is 0. The molecule has 0 aromatic carbocycles. The van der Waals surface area contributed by atoms with Crippen LogP contribution in [0.25, 0.3) is 0 Å². The molecule has 4 N–H and O–H groups in total. The van der Waals surface area contributed by atoms with Crippen molar-refractivity contribution in [3.8, 4) is 0 Å². The monoisotopic (exact) mass is 224 g/mol. The van der Waals surface area contributed by atoms with Crippen LogP contribution in [-0.4, -0.2) is 22.1 Å². The average Bonchev–Trinajstić information content (AvgIpc) is 2.46. The summed E-state index contributed by atoms with van der Waals surface area (Å²) in [6, 6.07) is 0.0522. The number of aromatic nitrogens is 2. The Morgan fingerprint density at radius 3 is 2.44 bits per heavy atom. The number of aryl methyl sites for hydroxylation is 1. The lowest BCUT2D eigenvalue weighted by molar-refractivity contribution is 0.0906. The summed E-state index contributed by atoms with van der Waals surface area (Å²) in [4.78, 5) is 11.9. The Labute approximate surface area is 95.8 Å². The topological polar surface area (TPSA) is 83.8 Å². The lowest BCUT2D eigenvalue weighted by Crippen LogP contribution is -2.41. The van der Waals surface area contributed by atoms with Crippen LogP contribution in [-0.2, 0) is 0 Å². The molecule has 1 aromatic heterocycles. The number of amides is 1. The minimum absolute atomic E-state index is 0.00970. The molecule has 0 saturated carbocycles. The number of hydrogen-bond acceptors (Lipinski definition) is 3. The number of rotatable bonds is 2. The molecular formula is C11H20N4O. The Balaban J connectivity index is 2.78. The van der Waals surface area contributed by atoms with Crippen LogP contribution in [0.1, 0.15) is 43.9 Å². The zero-order chi connectivity index (χ0) is 12.5. The fourth-order valence-electron chi connectivity index (χ4n) is 1.09. The molecule has 1 amide bonds. The van der Waals surface area contributed by atoms with Crippen molar-refractivity contribution in [1.82, 2.24) is 15.5 Å². The van der Waals surface area contributed by atoms with E-state index in [9.17, 15) is 4.79 Å². The van der Waals surface area contributed by atoms with E-state index in [1.165, 1.54) is 0 Å². The van der Waals surface area contributed by atoms with E-state index >= 15 is 0 Å². The molecule has 0 radical (unpaired) electrons. The fourth-order valence-corrected chi connectivity index (χ4v) is 1.09. The van der Waals surface area contributed by atoms with Crippen molar-refractivity contribution in [2.45, 2.75) is 40.7 Å². The average molecular weight is 224 g/mol. The number of H-pyrrole nitrogens is 1. The highest BCUT2D eigenvalue weighted by atomic mass is 16.2. The predicted octanol–water partition coefficient (Wildman–Crippen LogP) is 1.46. The second kappa shape index (κ2) is 4.15. The summed E-state index contributed by atoms with van der Waals surface area (Å²) in [6.45, 7) is 9.95. The van der Waals surface area contributed by atoms with Gasteiger partial charge in [0, 0.05) is 6.04 Å². The van der Waals surface area contributed by atoms with Gasteiger partial charge in [0.25, 0.3) is 5.91 Å². The van der Waals surface area contributed by atoms with Crippen LogP contribution in [0.15, 0.2) is 0 Å². The van der Waals surface area contributed by atoms with Crippen molar-refractivity contribution in [3.05, 3.63) is 11.4 Å². The fraction of sp³-hybridized carbons (Fsp3) is 0.636. The van der Waals surface area contributed by atoms with Gasteiger partial charge in [-0.1, -0.05) is 20.8 Å². The summed E-state index contributed by atoms with van der Waals surface area (Å²) in [5.41, 5.74) is 7.15. The number of nitrogens with zero attached hydrogens (tertiary/aromatic N) is 1. The number of carbonyl (C=O) groups is 1. The van der Waals surface area contributed by atoms with E-state index in [0.717, 1.165) is 0 Å². The van der Waals surface area contributed by atoms with Gasteiger partial charge in [-0.2, -0.15) is 5.10 Å². The van der Waals surface area contributed by atoms with Gasteiger partial charge in [0.05, 0.1) is 11.4 Å². The predicted molar refractivity (Wildman–Crippen MR) is 64.1 cm³/mol. The Kier molecular flexibility index (Phi) is 3.26. The molecule has 0 saturated heterocycles. The first-order valence-electron chi connectivity index (χ1n) is 5.34. The van der Waals surface area contributed by atoms with Crippen LogP contribution in [0.2, 0.25) is 0 Å². The van der Waals surface area contributed by atoms with Crippen LogP contribution in [0.5, 0.6) is 0 Å². The Morgan fingerprint density at radius 2 is 2.06 bits per heavy atom. The van der Waals surface area contributed by atoms with Crippen molar-refractivity contribution in [3.63, 3.8) is 0 Å². The van der Waals surface area contributed by atoms with E-state index in [1.54, 1.807) is 6.92 Å². The normalized spacial score (nSPS) is 13.6. The maximum atomic E-state index is 11.9. The third-order valence-corrected chi connectivity index (χ3v) is 2.86. The molecule has 1 unspecified atom stereocenters. The number of nitrogens with one attached hydrogen (secondary N) is 2. The zero-order valence-corrected chi connectivity index (χ0v) is 10.5. The number of hydrogen-bond donors (Lipinski definition) is 3. The van der Waals surface area contributed by atoms with E-state index in [-0.39, 0.29) is 23.1 Å². The van der Waals surface area contributed by atoms with Gasteiger partial charge < -0.3 is 11.1 Å². The summed E-state index contributed by atoms with van der Waals surface area (Å²) < 4.78 is 0. The molecule has 0 aliphatic heterocycles. The van der Waals surface area contributed by atoms with E-state index in [0.29, 0.717) is 11.4 Å². The molecule has 1 atom stereocenters. The molecule has 1 rings (SSSR count). The quantitative estimate of drug-likeness (QED) is 0.711. The standard InChI is InChI=1S/C11H20N4O/c1-6-8(12)9(15-14-6)10(16)13-7(2)11(3,4)5/h7H,12H2,1-5H3,(H,13,16)(H,14,15). The first-order chi connectivity index (χ1) is 7.23. The number of nitrogen functional groups attached to an aromatic ring is 1. The molecule has 16 heavy (non-hydrogen) atoms. The van der Waals surface area contributed by atoms with Crippen LogP contribution in [0.3, 0.4) is 0 Å². The molecule has 1 aromatic rings. The van der Waals surface area contributed by atoms with E-state index in [4.69, 9.17) is 5.73 Å². The molecule has 0 fully saturated rings. The van der Waals surface area contributed by atoms with Gasteiger partial charge in [-0.05, 0) is 19.3 Å². The Hall–Kier alpha value is -1.52. The molecule has 0 spiro atoms. The summed E-state index contributed by atoms with van der Waals surface area (Å²) in [7, 11) is 0. The van der Waals surface area contributed by atoms with Crippen molar-refractivity contribution in [1.29, 1.82) is 0 Å². The highest BCUT2D eigenvalue weighted by Gasteiger charge is 2.24. The van der Waals surface area contributed by atoms with Crippen LogP contribution in [0, 0.1) is 12.3 Å². The number of anilines is 1. The van der Waals surface area contributed by atoms with Gasteiger partial charge in [0.1, 0.15) is 0 Å². The lowest BCUT2D eigenvalue weighted by Gasteiger charge is -2.27. The second-order valence-electron chi connectivity index (χ2n) is 5.17. The largest absolute Gasteiger partial charge is 0.395 e. The van der Waals surface area contributed by atoms with Crippen molar-refractivity contribution >= 4 is 11.6 Å². The first kappa shape index (κ1) is 12.5. The van der Waals surface area contributed by atoms with Gasteiger partial charge in [-0.25, -0.2) is 0 Å². The highest BCUT2D eigenvalue weighted by molar-refractivity contribution is 5.97. The zero-order valence-electron chi connectivity index (χ0n) is 10.5. The van der Waals surface area contributed by atoms with Gasteiger partial charge in [0.15, 0.2) is 5.69 Å². The molecule has 5 nitrogen and oxygen atoms in total. The van der Waals surface area contributed by atoms with Crippen molar-refractivity contribution in [2.75, 3.05) is 5.73 Å². The third kappa shape index (κ3) is 2.53. The number of aromatic amines is 1. The number of carbonyl (C=O) groups excluding carboxylic acids is 1. The van der Waals surface area contributed by atoms with Crippen LogP contribution >= 0.6 is 0 Å². The third-order valence-electron chi connectivity index (χ3n) is 2.86. The Morgan fingerprint density at radius 1 is 1.50 bits per heavy atom. The summed E-state index contributed by atoms with van der Waals surface area (Å²) in [6.07, 6.45) is 0. The second-order valence-corrected chi connectivity index (χ2v) is 5.17. The number of nitrogens with two attached hydrogens (primary N) is 1. The minimum atomic E-state index is -0.232. The molecule has 5 heteroatoms. The smallest absolute Gasteiger partial charge is 0.274 e.